The van der Waals surface area contributed by atoms with Gasteiger partial charge in [-0.15, -0.1) is 0 Å². The molecule has 0 aromatic carbocycles. The lowest BCUT2D eigenvalue weighted by molar-refractivity contribution is -0.221. The Morgan fingerprint density at radius 3 is 2.49 bits per heavy atom. The lowest BCUT2D eigenvalue weighted by Gasteiger charge is -2.72. The zero-order valence-electron chi connectivity index (χ0n) is 32.2. The van der Waals surface area contributed by atoms with Crippen molar-refractivity contribution in [3.63, 3.8) is 0 Å². The topological polar surface area (TPSA) is 50.8 Å². The Hall–Kier alpha value is -1.43. The number of rotatable bonds is 7. The first-order valence-electron chi connectivity index (χ1n) is 20.5. The van der Waals surface area contributed by atoms with Crippen molar-refractivity contribution >= 4 is 5.97 Å². The monoisotopic (exact) mass is 673 g/mol. The summed E-state index contributed by atoms with van der Waals surface area (Å²) in [6, 6.07) is 0.655. The van der Waals surface area contributed by atoms with Gasteiger partial charge in [-0.3, -0.25) is 9.69 Å². The van der Waals surface area contributed by atoms with Gasteiger partial charge in [0.05, 0.1) is 25.7 Å². The third-order valence-corrected chi connectivity index (χ3v) is 17.8. The molecule has 4 saturated carbocycles. The van der Waals surface area contributed by atoms with Crippen LogP contribution in [0, 0.1) is 57.2 Å². The molecule has 1 N–H and O–H groups in total. The Labute approximate surface area is 298 Å². The Kier molecular flexibility index (Phi) is 8.52. The highest BCUT2D eigenvalue weighted by Crippen LogP contribution is 2.76. The van der Waals surface area contributed by atoms with Crippen LogP contribution in [0.25, 0.3) is 0 Å². The summed E-state index contributed by atoms with van der Waals surface area (Å²) in [5.41, 5.74) is 6.04. The average Bonchev–Trinajstić information content (AvgIpc) is 3.80. The van der Waals surface area contributed by atoms with Crippen molar-refractivity contribution < 1.29 is 14.3 Å². The van der Waals surface area contributed by atoms with Gasteiger partial charge >= 0.3 is 5.97 Å². The number of nitrogens with zero attached hydrogens (tertiary/aromatic N) is 1. The van der Waals surface area contributed by atoms with E-state index in [-0.39, 0.29) is 22.8 Å². The molecule has 272 valence electrons. The van der Waals surface area contributed by atoms with Gasteiger partial charge < -0.3 is 14.8 Å². The lowest BCUT2D eigenvalue weighted by Crippen LogP contribution is -2.68. The minimum atomic E-state index is -0.0393. The number of methoxy groups -OCH3 is 1. The van der Waals surface area contributed by atoms with E-state index >= 15 is 0 Å². The first kappa shape index (κ1) is 34.6. The van der Waals surface area contributed by atoms with Gasteiger partial charge in [0.1, 0.15) is 0 Å². The third-order valence-electron chi connectivity index (χ3n) is 17.8. The van der Waals surface area contributed by atoms with Crippen LogP contribution >= 0.6 is 0 Å². The van der Waals surface area contributed by atoms with E-state index < -0.39 is 0 Å². The SMILES string of the molecule is C=C(C)[C@@H]1CC[C@]2(NCCN3C[C@@H]4C[C@H]3CO4)CC[C@]3(C)[C@H](CC[C@@H]4[C@@]5(C)CC=C(C6=CC[C@@H](C(=O)OC)CC6)C(C)(C)[C@@H]5CC[C@]43C)[C@@H]12. The van der Waals surface area contributed by atoms with Gasteiger partial charge in [0, 0.05) is 31.2 Å². The zero-order chi connectivity index (χ0) is 34.6. The second kappa shape index (κ2) is 12.1. The summed E-state index contributed by atoms with van der Waals surface area (Å²) in [6.45, 7) is 24.8. The molecular weight excluding hydrogens is 604 g/mol. The summed E-state index contributed by atoms with van der Waals surface area (Å²) >= 11 is 0. The number of fused-ring (bicyclic) bond motifs is 9. The molecule has 6 aliphatic carbocycles. The van der Waals surface area contributed by atoms with Gasteiger partial charge in [0.2, 0.25) is 0 Å². The molecular formula is C44H68N2O3. The minimum Gasteiger partial charge on any atom is -0.469 e. The van der Waals surface area contributed by atoms with Crippen molar-refractivity contribution in [2.24, 2.45) is 57.2 Å². The fourth-order valence-corrected chi connectivity index (χ4v) is 15.3. The predicted molar refractivity (Wildman–Crippen MR) is 198 cm³/mol. The van der Waals surface area contributed by atoms with Crippen LogP contribution in [0.15, 0.2) is 35.5 Å². The average molecular weight is 673 g/mol. The number of hydrogen-bond acceptors (Lipinski definition) is 5. The number of carbonyl (C=O) groups is 1. The molecule has 6 fully saturated rings. The Bertz CT molecular complexity index is 1410. The summed E-state index contributed by atoms with van der Waals surface area (Å²) in [5, 5.41) is 4.35. The fourth-order valence-electron chi connectivity index (χ4n) is 15.3. The van der Waals surface area contributed by atoms with E-state index in [0.29, 0.717) is 46.1 Å². The summed E-state index contributed by atoms with van der Waals surface area (Å²) in [5.74, 6) is 3.59. The second-order valence-corrected chi connectivity index (χ2v) is 19.9. The number of nitrogens with one attached hydrogen (secondary N) is 1. The number of hydrogen-bond donors (Lipinski definition) is 1. The van der Waals surface area contributed by atoms with Crippen molar-refractivity contribution in [3.8, 4) is 0 Å². The molecule has 8 aliphatic rings. The summed E-state index contributed by atoms with van der Waals surface area (Å²) in [6.07, 6.45) is 21.6. The van der Waals surface area contributed by atoms with Gasteiger partial charge in [-0.1, -0.05) is 58.9 Å². The largest absolute Gasteiger partial charge is 0.469 e. The van der Waals surface area contributed by atoms with Crippen LogP contribution < -0.4 is 5.32 Å². The highest BCUT2D eigenvalue weighted by atomic mass is 16.5. The molecule has 0 unspecified atom stereocenters. The van der Waals surface area contributed by atoms with E-state index in [1.807, 2.05) is 0 Å². The van der Waals surface area contributed by atoms with Gasteiger partial charge in [-0.25, -0.2) is 0 Å². The summed E-state index contributed by atoms with van der Waals surface area (Å²) in [7, 11) is 1.53. The van der Waals surface area contributed by atoms with Crippen molar-refractivity contribution in [1.29, 1.82) is 0 Å². The number of morpholine rings is 1. The van der Waals surface area contributed by atoms with Crippen LogP contribution in [0.2, 0.25) is 0 Å². The summed E-state index contributed by atoms with van der Waals surface area (Å²) in [4.78, 5) is 15.0. The predicted octanol–water partition coefficient (Wildman–Crippen LogP) is 8.89. The standard InChI is InChI=1S/C44H68N2O3/c1-28(2)33-15-20-44(45-23-24-46-26-32-25-31(46)27-49-32)22-21-42(6)35(38(33)44)13-14-37-41(5)18-16-34(29-9-11-30(12-10-29)39(47)48-8)40(3,4)36(41)17-19-43(37,42)7/h9,16,30-33,35-38,45H,1,10-15,17-27H2,2-8H3/t30-,31+,32+,33+,35-,36+,37-,38-,41+,42-,43-,44+/m1/s1. The van der Waals surface area contributed by atoms with E-state index in [9.17, 15) is 4.79 Å². The Morgan fingerprint density at radius 2 is 1.82 bits per heavy atom. The molecule has 5 nitrogen and oxygen atoms in total. The van der Waals surface area contributed by atoms with Crippen LogP contribution in [0.5, 0.6) is 0 Å². The molecule has 2 heterocycles. The van der Waals surface area contributed by atoms with E-state index in [0.717, 1.165) is 50.8 Å². The molecule has 8 rings (SSSR count). The number of allylic oxidation sites excluding steroid dienone is 5. The van der Waals surface area contributed by atoms with E-state index in [2.05, 4.69) is 70.5 Å². The van der Waals surface area contributed by atoms with Crippen molar-refractivity contribution in [2.45, 2.75) is 143 Å². The smallest absolute Gasteiger partial charge is 0.308 e. The molecule has 2 bridgehead atoms. The van der Waals surface area contributed by atoms with Crippen LogP contribution in [0.3, 0.4) is 0 Å². The number of likely N-dealkylation sites (tertiary alicyclic amines) is 1. The molecule has 2 aliphatic heterocycles. The van der Waals surface area contributed by atoms with Crippen molar-refractivity contribution in [2.75, 3.05) is 33.4 Å². The number of esters is 1. The highest BCUT2D eigenvalue weighted by Gasteiger charge is 2.70. The molecule has 0 radical (unpaired) electrons. The maximum absolute atomic E-state index is 12.3. The maximum atomic E-state index is 12.3. The number of carbonyl (C=O) groups excluding carboxylic acids is 1. The zero-order valence-corrected chi connectivity index (χ0v) is 32.2. The van der Waals surface area contributed by atoms with Gasteiger partial charge in [-0.2, -0.15) is 0 Å². The van der Waals surface area contributed by atoms with E-state index in [4.69, 9.17) is 9.47 Å². The second-order valence-electron chi connectivity index (χ2n) is 19.9. The van der Waals surface area contributed by atoms with Crippen LogP contribution in [0.1, 0.15) is 125 Å². The van der Waals surface area contributed by atoms with Crippen molar-refractivity contribution in [3.05, 3.63) is 35.5 Å². The molecule has 0 aromatic rings. The first-order chi connectivity index (χ1) is 23.3. The van der Waals surface area contributed by atoms with Gasteiger partial charge in [-0.05, 0) is 153 Å². The molecule has 5 heteroatoms. The van der Waals surface area contributed by atoms with Gasteiger partial charge in [0.25, 0.3) is 0 Å². The van der Waals surface area contributed by atoms with Crippen LogP contribution in [0.4, 0.5) is 0 Å². The Morgan fingerprint density at radius 1 is 1.00 bits per heavy atom. The van der Waals surface area contributed by atoms with E-state index in [1.54, 1.807) is 5.57 Å². The highest BCUT2D eigenvalue weighted by molar-refractivity contribution is 5.73. The first-order valence-corrected chi connectivity index (χ1v) is 20.5. The molecule has 0 amide bonds. The molecule has 2 saturated heterocycles. The lowest BCUT2D eigenvalue weighted by atomic mass is 9.33. The maximum Gasteiger partial charge on any atom is 0.308 e. The quantitative estimate of drug-likeness (QED) is 0.216. The normalized spacial score (nSPS) is 48.5. The Balaban J connectivity index is 1.04. The molecule has 0 aromatic heterocycles. The van der Waals surface area contributed by atoms with Gasteiger partial charge in [0.15, 0.2) is 0 Å². The van der Waals surface area contributed by atoms with Crippen LogP contribution in [-0.4, -0.2) is 61.9 Å². The molecule has 0 spiro atoms. The fraction of sp³-hybridized carbons (Fsp3) is 0.841. The third kappa shape index (κ3) is 5.03. The molecule has 49 heavy (non-hydrogen) atoms. The minimum absolute atomic E-state index is 0.0293. The van der Waals surface area contributed by atoms with E-state index in [1.165, 1.54) is 89.0 Å². The number of ether oxygens (including phenoxy) is 2. The molecule has 12 atom stereocenters. The summed E-state index contributed by atoms with van der Waals surface area (Å²) < 4.78 is 11.0. The van der Waals surface area contributed by atoms with Crippen molar-refractivity contribution in [1.82, 2.24) is 10.2 Å². The van der Waals surface area contributed by atoms with Crippen LogP contribution in [-0.2, 0) is 14.3 Å².